The van der Waals surface area contributed by atoms with Gasteiger partial charge in [-0.25, -0.2) is 0 Å². The van der Waals surface area contributed by atoms with Crippen molar-refractivity contribution in [2.45, 2.75) is 33.4 Å². The number of hydrogen-bond acceptors (Lipinski definition) is 3. The predicted octanol–water partition coefficient (Wildman–Crippen LogP) is 1.95. The van der Waals surface area contributed by atoms with Crippen molar-refractivity contribution >= 4 is 5.69 Å². The van der Waals surface area contributed by atoms with Crippen LogP contribution in [0.25, 0.3) is 0 Å². The molecular formula is C12H19N5. The van der Waals surface area contributed by atoms with Gasteiger partial charge >= 0.3 is 0 Å². The van der Waals surface area contributed by atoms with Gasteiger partial charge in [-0.15, -0.1) is 0 Å². The Morgan fingerprint density at radius 3 is 2.88 bits per heavy atom. The lowest BCUT2D eigenvalue weighted by Gasteiger charge is -2.03. The maximum absolute atomic E-state index is 4.31. The van der Waals surface area contributed by atoms with Crippen LogP contribution in [0, 0.1) is 6.92 Å². The van der Waals surface area contributed by atoms with Gasteiger partial charge in [0.1, 0.15) is 0 Å². The minimum Gasteiger partial charge on any atom is -0.377 e. The van der Waals surface area contributed by atoms with Crippen molar-refractivity contribution in [3.8, 4) is 0 Å². The molecule has 0 aliphatic carbocycles. The second-order valence-electron chi connectivity index (χ2n) is 4.25. The number of nitrogens with zero attached hydrogens (tertiary/aromatic N) is 4. The van der Waals surface area contributed by atoms with Gasteiger partial charge in [-0.2, -0.15) is 10.2 Å². The van der Waals surface area contributed by atoms with Crippen molar-refractivity contribution in [1.82, 2.24) is 19.6 Å². The molecule has 0 fully saturated rings. The molecule has 0 aromatic carbocycles. The minimum atomic E-state index is 0.773. The van der Waals surface area contributed by atoms with Gasteiger partial charge in [0.05, 0.1) is 29.8 Å². The lowest BCUT2D eigenvalue weighted by atomic mass is 10.3. The first-order chi connectivity index (χ1) is 8.19. The normalized spacial score (nSPS) is 10.8. The topological polar surface area (TPSA) is 47.7 Å². The molecule has 2 aromatic rings. The van der Waals surface area contributed by atoms with E-state index in [9.17, 15) is 0 Å². The molecule has 2 rings (SSSR count). The van der Waals surface area contributed by atoms with Crippen LogP contribution in [-0.2, 0) is 20.1 Å². The van der Waals surface area contributed by atoms with Crippen molar-refractivity contribution in [2.75, 3.05) is 5.32 Å². The van der Waals surface area contributed by atoms with E-state index >= 15 is 0 Å². The fraction of sp³-hybridized carbons (Fsp3) is 0.500. The van der Waals surface area contributed by atoms with E-state index in [2.05, 4.69) is 28.5 Å². The highest BCUT2D eigenvalue weighted by Crippen LogP contribution is 2.09. The van der Waals surface area contributed by atoms with E-state index in [0.29, 0.717) is 0 Å². The molecule has 0 aliphatic heterocycles. The molecule has 17 heavy (non-hydrogen) atoms. The largest absolute Gasteiger partial charge is 0.377 e. The van der Waals surface area contributed by atoms with Gasteiger partial charge in [-0.05, 0) is 19.4 Å². The molecule has 92 valence electrons. The summed E-state index contributed by atoms with van der Waals surface area (Å²) in [7, 11) is 1.96. The minimum absolute atomic E-state index is 0.773. The predicted molar refractivity (Wildman–Crippen MR) is 67.8 cm³/mol. The maximum atomic E-state index is 4.31. The molecule has 5 nitrogen and oxygen atoms in total. The smallest absolute Gasteiger partial charge is 0.0729 e. The summed E-state index contributed by atoms with van der Waals surface area (Å²) in [6, 6.07) is 2.09. The molecule has 0 bridgehead atoms. The summed E-state index contributed by atoms with van der Waals surface area (Å²) in [5, 5.41) is 11.9. The van der Waals surface area contributed by atoms with Crippen LogP contribution < -0.4 is 5.32 Å². The zero-order chi connectivity index (χ0) is 12.3. The highest BCUT2D eigenvalue weighted by atomic mass is 15.3. The van der Waals surface area contributed by atoms with E-state index in [1.54, 1.807) is 0 Å². The third-order valence-corrected chi connectivity index (χ3v) is 2.66. The number of hydrogen-bond donors (Lipinski definition) is 1. The average molecular weight is 233 g/mol. The highest BCUT2D eigenvalue weighted by molar-refractivity contribution is 5.38. The van der Waals surface area contributed by atoms with Crippen LogP contribution in [0.2, 0.25) is 0 Å². The van der Waals surface area contributed by atoms with Crippen LogP contribution in [0.5, 0.6) is 0 Å². The molecule has 0 saturated heterocycles. The quantitative estimate of drug-likeness (QED) is 0.858. The summed E-state index contributed by atoms with van der Waals surface area (Å²) in [4.78, 5) is 0. The van der Waals surface area contributed by atoms with E-state index in [1.165, 1.54) is 5.69 Å². The Labute approximate surface area is 101 Å². The Morgan fingerprint density at radius 2 is 2.24 bits per heavy atom. The molecule has 0 aliphatic rings. The first-order valence-electron chi connectivity index (χ1n) is 5.95. The molecule has 0 radical (unpaired) electrons. The third-order valence-electron chi connectivity index (χ3n) is 2.66. The van der Waals surface area contributed by atoms with Gasteiger partial charge in [-0.1, -0.05) is 6.92 Å². The Hall–Kier alpha value is -1.78. The summed E-state index contributed by atoms with van der Waals surface area (Å²) in [5.41, 5.74) is 3.27. The van der Waals surface area contributed by atoms with Gasteiger partial charge in [0.2, 0.25) is 0 Å². The van der Waals surface area contributed by atoms with E-state index < -0.39 is 0 Å². The number of aromatic nitrogens is 4. The molecule has 0 unspecified atom stereocenters. The zero-order valence-corrected chi connectivity index (χ0v) is 10.6. The molecule has 0 spiro atoms. The first-order valence-corrected chi connectivity index (χ1v) is 5.95. The molecule has 0 atom stereocenters. The van der Waals surface area contributed by atoms with Crippen molar-refractivity contribution in [3.63, 3.8) is 0 Å². The molecule has 2 heterocycles. The lowest BCUT2D eigenvalue weighted by Crippen LogP contribution is -2.04. The van der Waals surface area contributed by atoms with Crippen LogP contribution in [0.3, 0.4) is 0 Å². The summed E-state index contributed by atoms with van der Waals surface area (Å²) in [5.74, 6) is 0. The van der Waals surface area contributed by atoms with E-state index in [4.69, 9.17) is 0 Å². The summed E-state index contributed by atoms with van der Waals surface area (Å²) < 4.78 is 3.86. The first kappa shape index (κ1) is 11.7. The molecule has 5 heteroatoms. The standard InChI is InChI=1S/C12H19N5/c1-4-5-17-9-11(7-14-17)13-8-12-6-10(2)15-16(12)3/h6-7,9,13H,4-5,8H2,1-3H3. The Bertz CT molecular complexity index is 483. The van der Waals surface area contributed by atoms with Gasteiger partial charge in [-0.3, -0.25) is 9.36 Å². The lowest BCUT2D eigenvalue weighted by molar-refractivity contribution is 0.603. The van der Waals surface area contributed by atoms with E-state index in [-0.39, 0.29) is 0 Å². The number of aryl methyl sites for hydroxylation is 3. The van der Waals surface area contributed by atoms with Crippen LogP contribution in [0.15, 0.2) is 18.5 Å². The van der Waals surface area contributed by atoms with Crippen molar-refractivity contribution in [3.05, 3.63) is 29.8 Å². The Kier molecular flexibility index (Phi) is 3.46. The van der Waals surface area contributed by atoms with Crippen LogP contribution in [0.1, 0.15) is 24.7 Å². The van der Waals surface area contributed by atoms with Gasteiger partial charge in [0.25, 0.3) is 0 Å². The molecule has 2 aromatic heterocycles. The van der Waals surface area contributed by atoms with E-state index in [0.717, 1.165) is 30.9 Å². The third kappa shape index (κ3) is 2.87. The van der Waals surface area contributed by atoms with Crippen molar-refractivity contribution in [1.29, 1.82) is 0 Å². The zero-order valence-electron chi connectivity index (χ0n) is 10.6. The van der Waals surface area contributed by atoms with Crippen molar-refractivity contribution < 1.29 is 0 Å². The second-order valence-corrected chi connectivity index (χ2v) is 4.25. The monoisotopic (exact) mass is 233 g/mol. The van der Waals surface area contributed by atoms with E-state index in [1.807, 2.05) is 35.7 Å². The maximum Gasteiger partial charge on any atom is 0.0729 e. The summed E-state index contributed by atoms with van der Waals surface area (Å²) >= 11 is 0. The fourth-order valence-corrected chi connectivity index (χ4v) is 1.83. The molecule has 0 amide bonds. The number of rotatable bonds is 5. The number of anilines is 1. The fourth-order valence-electron chi connectivity index (χ4n) is 1.83. The summed E-state index contributed by atoms with van der Waals surface area (Å²) in [6.45, 7) is 5.89. The SMILES string of the molecule is CCCn1cc(NCc2cc(C)nn2C)cn1. The van der Waals surface area contributed by atoms with Gasteiger partial charge in [0, 0.05) is 19.8 Å². The number of nitrogens with one attached hydrogen (secondary N) is 1. The van der Waals surface area contributed by atoms with Crippen LogP contribution in [0.4, 0.5) is 5.69 Å². The molecule has 1 N–H and O–H groups in total. The van der Waals surface area contributed by atoms with Crippen LogP contribution >= 0.6 is 0 Å². The molecule has 0 saturated carbocycles. The Morgan fingerprint density at radius 1 is 1.41 bits per heavy atom. The Balaban J connectivity index is 1.95. The second kappa shape index (κ2) is 5.03. The van der Waals surface area contributed by atoms with Gasteiger partial charge < -0.3 is 5.32 Å². The average Bonchev–Trinajstić information content (AvgIpc) is 2.83. The van der Waals surface area contributed by atoms with Gasteiger partial charge in [0.15, 0.2) is 0 Å². The van der Waals surface area contributed by atoms with Crippen molar-refractivity contribution in [2.24, 2.45) is 7.05 Å². The highest BCUT2D eigenvalue weighted by Gasteiger charge is 2.02. The molecular weight excluding hydrogens is 214 g/mol. The van der Waals surface area contributed by atoms with Crippen LogP contribution in [-0.4, -0.2) is 19.6 Å². The summed E-state index contributed by atoms with van der Waals surface area (Å²) in [6.07, 6.45) is 4.99.